The Labute approximate surface area is 153 Å². The standard InChI is InChI=1S/C20H20N2O3S/c1-14-12-17(19-13-15(2)21-25-19)9-10-20(14)26(23,24)22-11-5-7-16-6-3-4-8-18(16)22/h3-4,6,8-10,12-13H,5,7,11H2,1-2H3. The Balaban J connectivity index is 1.75. The second kappa shape index (κ2) is 6.29. The number of sulfonamides is 1. The summed E-state index contributed by atoms with van der Waals surface area (Å²) in [5.74, 6) is 0.637. The van der Waals surface area contributed by atoms with Gasteiger partial charge in [-0.25, -0.2) is 8.42 Å². The molecule has 134 valence electrons. The predicted molar refractivity (Wildman–Crippen MR) is 101 cm³/mol. The van der Waals surface area contributed by atoms with Gasteiger partial charge in [0.05, 0.1) is 16.3 Å². The molecule has 26 heavy (non-hydrogen) atoms. The molecule has 3 aromatic rings. The molecular weight excluding hydrogens is 348 g/mol. The van der Waals surface area contributed by atoms with Crippen LogP contribution in [-0.4, -0.2) is 20.1 Å². The molecule has 1 aromatic heterocycles. The maximum Gasteiger partial charge on any atom is 0.264 e. The first-order valence-electron chi connectivity index (χ1n) is 8.62. The van der Waals surface area contributed by atoms with E-state index >= 15 is 0 Å². The lowest BCUT2D eigenvalue weighted by atomic mass is 10.0. The van der Waals surface area contributed by atoms with Crippen LogP contribution in [-0.2, 0) is 16.4 Å². The highest BCUT2D eigenvalue weighted by molar-refractivity contribution is 7.92. The molecule has 4 rings (SSSR count). The van der Waals surface area contributed by atoms with Crippen molar-refractivity contribution < 1.29 is 12.9 Å². The zero-order valence-corrected chi connectivity index (χ0v) is 15.6. The van der Waals surface area contributed by atoms with E-state index in [1.807, 2.05) is 50.2 Å². The minimum atomic E-state index is -3.61. The first-order valence-corrected chi connectivity index (χ1v) is 10.1. The van der Waals surface area contributed by atoms with E-state index in [0.29, 0.717) is 22.8 Å². The van der Waals surface area contributed by atoms with Crippen molar-refractivity contribution in [2.75, 3.05) is 10.8 Å². The number of fused-ring (bicyclic) bond motifs is 1. The van der Waals surface area contributed by atoms with Gasteiger partial charge in [0.1, 0.15) is 0 Å². The number of para-hydroxylation sites is 1. The molecule has 0 saturated carbocycles. The van der Waals surface area contributed by atoms with E-state index < -0.39 is 10.0 Å². The molecule has 0 saturated heterocycles. The van der Waals surface area contributed by atoms with Crippen LogP contribution in [0.5, 0.6) is 0 Å². The van der Waals surface area contributed by atoms with E-state index in [9.17, 15) is 8.42 Å². The van der Waals surface area contributed by atoms with Gasteiger partial charge in [-0.3, -0.25) is 4.31 Å². The van der Waals surface area contributed by atoms with Gasteiger partial charge in [0.2, 0.25) is 0 Å². The van der Waals surface area contributed by atoms with Crippen LogP contribution in [0.1, 0.15) is 23.2 Å². The molecular formula is C20H20N2O3S. The molecule has 0 N–H and O–H groups in total. The Hall–Kier alpha value is -2.60. The molecule has 1 aliphatic heterocycles. The van der Waals surface area contributed by atoms with Crippen LogP contribution >= 0.6 is 0 Å². The quantitative estimate of drug-likeness (QED) is 0.698. The van der Waals surface area contributed by atoms with Crippen LogP contribution < -0.4 is 4.31 Å². The second-order valence-electron chi connectivity index (χ2n) is 6.62. The largest absolute Gasteiger partial charge is 0.356 e. The molecule has 0 unspecified atom stereocenters. The van der Waals surface area contributed by atoms with Gasteiger partial charge in [0, 0.05) is 18.2 Å². The van der Waals surface area contributed by atoms with Gasteiger partial charge < -0.3 is 4.52 Å². The number of nitrogens with zero attached hydrogens (tertiary/aromatic N) is 2. The normalized spacial score (nSPS) is 14.3. The molecule has 0 atom stereocenters. The molecule has 5 nitrogen and oxygen atoms in total. The third-order valence-corrected chi connectivity index (χ3v) is 6.70. The SMILES string of the molecule is Cc1cc(-c2ccc(S(=O)(=O)N3CCCc4ccccc43)c(C)c2)on1. The fraction of sp³-hybridized carbons (Fsp3) is 0.250. The summed E-state index contributed by atoms with van der Waals surface area (Å²) in [6.07, 6.45) is 1.73. The number of hydrogen-bond donors (Lipinski definition) is 0. The van der Waals surface area contributed by atoms with Crippen LogP contribution in [0.4, 0.5) is 5.69 Å². The lowest BCUT2D eigenvalue weighted by Gasteiger charge is -2.31. The van der Waals surface area contributed by atoms with Gasteiger partial charge >= 0.3 is 0 Å². The Morgan fingerprint density at radius 2 is 1.88 bits per heavy atom. The van der Waals surface area contributed by atoms with E-state index in [4.69, 9.17) is 4.52 Å². The van der Waals surface area contributed by atoms with Crippen molar-refractivity contribution in [3.8, 4) is 11.3 Å². The summed E-state index contributed by atoms with van der Waals surface area (Å²) in [5, 5.41) is 3.89. The number of hydrogen-bond acceptors (Lipinski definition) is 4. The number of anilines is 1. The zero-order chi connectivity index (χ0) is 18.3. The van der Waals surface area contributed by atoms with Gasteiger partial charge in [0.15, 0.2) is 5.76 Å². The summed E-state index contributed by atoms with van der Waals surface area (Å²) < 4.78 is 33.4. The lowest BCUT2D eigenvalue weighted by Crippen LogP contribution is -2.35. The Bertz CT molecular complexity index is 1070. The molecule has 2 aromatic carbocycles. The molecule has 2 heterocycles. The van der Waals surface area contributed by atoms with Crippen LogP contribution in [0.2, 0.25) is 0 Å². The lowest BCUT2D eigenvalue weighted by molar-refractivity contribution is 0.427. The summed E-state index contributed by atoms with van der Waals surface area (Å²) in [4.78, 5) is 0.328. The minimum absolute atomic E-state index is 0.328. The van der Waals surface area contributed by atoms with E-state index in [1.54, 1.807) is 12.1 Å². The van der Waals surface area contributed by atoms with Crippen molar-refractivity contribution in [1.82, 2.24) is 5.16 Å². The van der Waals surface area contributed by atoms with Gasteiger partial charge in [-0.05, 0) is 62.1 Å². The van der Waals surface area contributed by atoms with Crippen molar-refractivity contribution in [1.29, 1.82) is 0 Å². The topological polar surface area (TPSA) is 63.4 Å². The van der Waals surface area contributed by atoms with Crippen LogP contribution in [0, 0.1) is 13.8 Å². The van der Waals surface area contributed by atoms with Crippen LogP contribution in [0.25, 0.3) is 11.3 Å². The Kier molecular flexibility index (Phi) is 4.07. The minimum Gasteiger partial charge on any atom is -0.356 e. The van der Waals surface area contributed by atoms with E-state index in [0.717, 1.165) is 35.3 Å². The van der Waals surface area contributed by atoms with Gasteiger partial charge in [-0.15, -0.1) is 0 Å². The molecule has 0 radical (unpaired) electrons. The molecule has 0 spiro atoms. The first-order chi connectivity index (χ1) is 12.5. The van der Waals surface area contributed by atoms with E-state index in [-0.39, 0.29) is 0 Å². The first kappa shape index (κ1) is 16.8. The summed E-state index contributed by atoms with van der Waals surface area (Å²) in [6, 6.07) is 14.8. The fourth-order valence-corrected chi connectivity index (χ4v) is 5.21. The predicted octanol–water partition coefficient (Wildman–Crippen LogP) is 4.10. The molecule has 0 aliphatic carbocycles. The van der Waals surface area contributed by atoms with Crippen LogP contribution in [0.15, 0.2) is 57.9 Å². The van der Waals surface area contributed by atoms with Crippen molar-refractivity contribution in [3.63, 3.8) is 0 Å². The number of aryl methyl sites for hydroxylation is 3. The number of benzene rings is 2. The van der Waals surface area contributed by atoms with Gasteiger partial charge in [0.25, 0.3) is 10.0 Å². The molecule has 0 bridgehead atoms. The fourth-order valence-electron chi connectivity index (χ4n) is 3.46. The maximum atomic E-state index is 13.3. The highest BCUT2D eigenvalue weighted by Gasteiger charge is 2.30. The van der Waals surface area contributed by atoms with Crippen molar-refractivity contribution >= 4 is 15.7 Å². The summed E-state index contributed by atoms with van der Waals surface area (Å²) in [5.41, 5.74) is 4.17. The van der Waals surface area contributed by atoms with E-state index in [2.05, 4.69) is 5.16 Å². The summed E-state index contributed by atoms with van der Waals surface area (Å²) in [7, 11) is -3.61. The monoisotopic (exact) mass is 368 g/mol. The zero-order valence-electron chi connectivity index (χ0n) is 14.8. The van der Waals surface area contributed by atoms with Crippen molar-refractivity contribution in [2.45, 2.75) is 31.6 Å². The second-order valence-corrected chi connectivity index (χ2v) is 8.45. The Morgan fingerprint density at radius 3 is 2.62 bits per heavy atom. The Morgan fingerprint density at radius 1 is 1.08 bits per heavy atom. The number of aromatic nitrogens is 1. The average molecular weight is 368 g/mol. The molecule has 0 amide bonds. The van der Waals surface area contributed by atoms with Crippen LogP contribution in [0.3, 0.4) is 0 Å². The smallest absolute Gasteiger partial charge is 0.264 e. The van der Waals surface area contributed by atoms with Gasteiger partial charge in [-0.2, -0.15) is 0 Å². The van der Waals surface area contributed by atoms with Crippen molar-refractivity contribution in [2.24, 2.45) is 0 Å². The third kappa shape index (κ3) is 2.80. The van der Waals surface area contributed by atoms with Gasteiger partial charge in [-0.1, -0.05) is 23.4 Å². The highest BCUT2D eigenvalue weighted by Crippen LogP contribution is 2.33. The van der Waals surface area contributed by atoms with E-state index in [1.165, 1.54) is 4.31 Å². The average Bonchev–Trinajstić information content (AvgIpc) is 3.07. The maximum absolute atomic E-state index is 13.3. The summed E-state index contributed by atoms with van der Waals surface area (Å²) >= 11 is 0. The highest BCUT2D eigenvalue weighted by atomic mass is 32.2. The summed E-state index contributed by atoms with van der Waals surface area (Å²) in [6.45, 7) is 4.17. The molecule has 6 heteroatoms. The molecule has 0 fully saturated rings. The molecule has 1 aliphatic rings. The third-order valence-electron chi connectivity index (χ3n) is 4.72. The number of rotatable bonds is 3. The van der Waals surface area contributed by atoms with Crippen molar-refractivity contribution in [3.05, 3.63) is 65.4 Å².